The van der Waals surface area contributed by atoms with Crippen molar-refractivity contribution in [2.75, 3.05) is 0 Å². The number of carbonyl (C=O) groups is 1. The van der Waals surface area contributed by atoms with Gasteiger partial charge in [0.15, 0.2) is 5.60 Å². The van der Waals surface area contributed by atoms with Crippen LogP contribution >= 0.6 is 22.6 Å². The second-order valence-corrected chi connectivity index (χ2v) is 6.88. The van der Waals surface area contributed by atoms with Crippen LogP contribution in [-0.2, 0) is 20.2 Å². The molecular formula is C15H17IO3. The molecule has 0 N–H and O–H groups in total. The zero-order valence-corrected chi connectivity index (χ0v) is 13.6. The minimum absolute atomic E-state index is 0.0731. The second kappa shape index (κ2) is 5.00. The highest BCUT2D eigenvalue weighted by molar-refractivity contribution is 14.1. The third-order valence-corrected chi connectivity index (χ3v) is 3.67. The Morgan fingerprint density at radius 2 is 1.84 bits per heavy atom. The van der Waals surface area contributed by atoms with Gasteiger partial charge >= 0.3 is 0 Å². The van der Waals surface area contributed by atoms with Crippen LogP contribution in [-0.4, -0.2) is 11.4 Å². The van der Waals surface area contributed by atoms with Crippen molar-refractivity contribution in [1.29, 1.82) is 0 Å². The quantitative estimate of drug-likeness (QED) is 0.447. The summed E-state index contributed by atoms with van der Waals surface area (Å²) in [6.45, 7) is 7.41. The summed E-state index contributed by atoms with van der Waals surface area (Å²) in [4.78, 5) is 23.4. The van der Waals surface area contributed by atoms with Crippen molar-refractivity contribution >= 4 is 34.5 Å². The third kappa shape index (κ3) is 2.90. The normalized spacial score (nSPS) is 23.0. The maximum Gasteiger partial charge on any atom is 0.208 e. The molecule has 1 atom stereocenters. The van der Waals surface area contributed by atoms with E-state index in [9.17, 15) is 4.79 Å². The highest BCUT2D eigenvalue weighted by Gasteiger charge is 2.43. The largest absolute Gasteiger partial charge is 0.290 e. The van der Waals surface area contributed by atoms with Gasteiger partial charge in [-0.05, 0) is 61.9 Å². The van der Waals surface area contributed by atoms with Crippen molar-refractivity contribution < 1.29 is 14.6 Å². The molecule has 2 rings (SSSR count). The van der Waals surface area contributed by atoms with E-state index in [-0.39, 0.29) is 5.78 Å². The molecule has 1 aromatic rings. The van der Waals surface area contributed by atoms with Gasteiger partial charge in [0.1, 0.15) is 0 Å². The molecule has 0 aromatic heterocycles. The summed E-state index contributed by atoms with van der Waals surface area (Å²) < 4.78 is 0.649. The molecule has 0 radical (unpaired) electrons. The zero-order valence-electron chi connectivity index (χ0n) is 11.5. The molecule has 0 aliphatic heterocycles. The highest BCUT2D eigenvalue weighted by Crippen LogP contribution is 2.39. The molecule has 3 nitrogen and oxygen atoms in total. The lowest BCUT2D eigenvalue weighted by molar-refractivity contribution is -0.394. The van der Waals surface area contributed by atoms with Crippen LogP contribution in [0, 0.1) is 0 Å². The maximum absolute atomic E-state index is 12.4. The second-order valence-electron chi connectivity index (χ2n) is 5.72. The molecule has 1 aliphatic carbocycles. The summed E-state index contributed by atoms with van der Waals surface area (Å²) in [6.07, 6.45) is 1.88. The van der Waals surface area contributed by atoms with Crippen molar-refractivity contribution in [3.63, 3.8) is 0 Å². The van der Waals surface area contributed by atoms with Crippen molar-refractivity contribution in [3.8, 4) is 0 Å². The van der Waals surface area contributed by atoms with Gasteiger partial charge in [0, 0.05) is 5.56 Å². The summed E-state index contributed by atoms with van der Waals surface area (Å²) in [6, 6.07) is 7.72. The van der Waals surface area contributed by atoms with Gasteiger partial charge in [-0.25, -0.2) is 9.78 Å². The first-order chi connectivity index (χ1) is 8.74. The molecular weight excluding hydrogens is 355 g/mol. The Hall–Kier alpha value is -0.720. The van der Waals surface area contributed by atoms with Crippen molar-refractivity contribution in [2.24, 2.45) is 0 Å². The van der Waals surface area contributed by atoms with Crippen molar-refractivity contribution in [1.82, 2.24) is 0 Å². The number of hydrogen-bond acceptors (Lipinski definition) is 3. The van der Waals surface area contributed by atoms with Gasteiger partial charge in [0.2, 0.25) is 5.78 Å². The fraction of sp³-hybridized carbons (Fsp3) is 0.400. The van der Waals surface area contributed by atoms with Crippen LogP contribution in [0.1, 0.15) is 38.8 Å². The topological polar surface area (TPSA) is 35.5 Å². The van der Waals surface area contributed by atoms with E-state index in [1.165, 1.54) is 0 Å². The third-order valence-electron chi connectivity index (χ3n) is 2.87. The van der Waals surface area contributed by atoms with Gasteiger partial charge in [-0.15, -0.1) is 0 Å². The number of rotatable bonds is 2. The standard InChI is InChI=1S/C15H17IO3/c1-14(2,3)18-19-15(4)11-8-6-5-7-10(11)9-12(16)13(15)17/h5-9H,1-4H3. The summed E-state index contributed by atoms with van der Waals surface area (Å²) in [5.74, 6) is -0.0731. The fourth-order valence-corrected chi connectivity index (χ4v) is 2.75. The summed E-state index contributed by atoms with van der Waals surface area (Å²) >= 11 is 2.04. The zero-order chi connectivity index (χ0) is 14.3. The summed E-state index contributed by atoms with van der Waals surface area (Å²) in [5.41, 5.74) is 0.274. The average molecular weight is 372 g/mol. The Kier molecular flexibility index (Phi) is 3.86. The molecule has 0 heterocycles. The van der Waals surface area contributed by atoms with Gasteiger partial charge in [0.05, 0.1) is 9.18 Å². The predicted octanol–water partition coefficient (Wildman–Crippen LogP) is 4.01. The molecule has 0 fully saturated rings. The Bertz CT molecular complexity index is 543. The molecule has 19 heavy (non-hydrogen) atoms. The van der Waals surface area contributed by atoms with E-state index in [1.807, 2.05) is 73.7 Å². The molecule has 102 valence electrons. The lowest BCUT2D eigenvalue weighted by Gasteiger charge is -2.33. The highest BCUT2D eigenvalue weighted by atomic mass is 127. The first-order valence-corrected chi connectivity index (χ1v) is 7.20. The molecule has 4 heteroatoms. The van der Waals surface area contributed by atoms with Crippen LogP contribution < -0.4 is 0 Å². The maximum atomic E-state index is 12.4. The Balaban J connectivity index is 2.43. The lowest BCUT2D eigenvalue weighted by Crippen LogP contribution is -2.40. The molecule has 0 amide bonds. The first kappa shape index (κ1) is 14.7. The predicted molar refractivity (Wildman–Crippen MR) is 82.7 cm³/mol. The molecule has 0 saturated heterocycles. The Labute approximate surface area is 127 Å². The van der Waals surface area contributed by atoms with Crippen LogP contribution in [0.5, 0.6) is 0 Å². The monoisotopic (exact) mass is 372 g/mol. The molecule has 0 spiro atoms. The lowest BCUT2D eigenvalue weighted by atomic mass is 9.83. The van der Waals surface area contributed by atoms with E-state index in [1.54, 1.807) is 6.92 Å². The first-order valence-electron chi connectivity index (χ1n) is 6.12. The van der Waals surface area contributed by atoms with E-state index >= 15 is 0 Å². The number of fused-ring (bicyclic) bond motifs is 1. The number of carbonyl (C=O) groups excluding carboxylic acids is 1. The number of benzene rings is 1. The number of Topliss-reactive ketones (excluding diaryl/α,β-unsaturated/α-hetero) is 1. The van der Waals surface area contributed by atoms with Crippen LogP contribution in [0.15, 0.2) is 27.8 Å². The Morgan fingerprint density at radius 3 is 2.47 bits per heavy atom. The van der Waals surface area contributed by atoms with Crippen LogP contribution in [0.2, 0.25) is 0 Å². The number of hydrogen-bond donors (Lipinski definition) is 0. The van der Waals surface area contributed by atoms with Crippen molar-refractivity contribution in [3.05, 3.63) is 39.0 Å². The summed E-state index contributed by atoms with van der Waals surface area (Å²) in [5, 5.41) is 0. The van der Waals surface area contributed by atoms with Gasteiger partial charge in [-0.3, -0.25) is 4.79 Å². The van der Waals surface area contributed by atoms with E-state index < -0.39 is 11.2 Å². The Morgan fingerprint density at radius 1 is 1.21 bits per heavy atom. The van der Waals surface area contributed by atoms with Gasteiger partial charge < -0.3 is 0 Å². The van der Waals surface area contributed by atoms with Gasteiger partial charge in [0.25, 0.3) is 0 Å². The average Bonchev–Trinajstić information content (AvgIpc) is 2.33. The number of halogens is 1. The fourth-order valence-electron chi connectivity index (χ4n) is 1.90. The molecule has 0 bridgehead atoms. The van der Waals surface area contributed by atoms with Crippen LogP contribution in [0.3, 0.4) is 0 Å². The SMILES string of the molecule is CC(C)(C)OOC1(C)C(=O)C(I)=Cc2ccccc21. The minimum atomic E-state index is -1.09. The number of ketones is 1. The van der Waals surface area contributed by atoms with Gasteiger partial charge in [-0.1, -0.05) is 24.3 Å². The van der Waals surface area contributed by atoms with Gasteiger partial charge in [-0.2, -0.15) is 0 Å². The van der Waals surface area contributed by atoms with E-state index in [4.69, 9.17) is 9.78 Å². The van der Waals surface area contributed by atoms with E-state index in [0.29, 0.717) is 3.58 Å². The van der Waals surface area contributed by atoms with Crippen molar-refractivity contribution in [2.45, 2.75) is 38.9 Å². The molecule has 1 unspecified atom stereocenters. The minimum Gasteiger partial charge on any atom is -0.290 e. The van der Waals surface area contributed by atoms with Crippen LogP contribution in [0.25, 0.3) is 6.08 Å². The van der Waals surface area contributed by atoms with Crippen LogP contribution in [0.4, 0.5) is 0 Å². The van der Waals surface area contributed by atoms with E-state index in [0.717, 1.165) is 11.1 Å². The van der Waals surface area contributed by atoms with E-state index in [2.05, 4.69) is 0 Å². The molecule has 1 aromatic carbocycles. The summed E-state index contributed by atoms with van der Waals surface area (Å²) in [7, 11) is 0. The molecule has 0 saturated carbocycles. The smallest absolute Gasteiger partial charge is 0.208 e. The molecule has 1 aliphatic rings.